The lowest BCUT2D eigenvalue weighted by Gasteiger charge is -2.22. The van der Waals surface area contributed by atoms with Crippen molar-refractivity contribution in [2.45, 2.75) is 45.1 Å². The first-order valence-corrected chi connectivity index (χ1v) is 6.28. The summed E-state index contributed by atoms with van der Waals surface area (Å²) < 4.78 is 0. The normalized spacial score (nSPS) is 29.3. The summed E-state index contributed by atoms with van der Waals surface area (Å²) in [5.74, 6) is 1.21. The van der Waals surface area contributed by atoms with Crippen LogP contribution < -0.4 is 10.6 Å². The van der Waals surface area contributed by atoms with E-state index in [1.54, 1.807) is 0 Å². The van der Waals surface area contributed by atoms with Gasteiger partial charge in [-0.05, 0) is 38.6 Å². The van der Waals surface area contributed by atoms with Crippen molar-refractivity contribution in [1.82, 2.24) is 10.6 Å². The number of rotatable bonds is 3. The molecule has 1 saturated heterocycles. The van der Waals surface area contributed by atoms with Crippen molar-refractivity contribution in [3.63, 3.8) is 0 Å². The highest BCUT2D eigenvalue weighted by molar-refractivity contribution is 5.79. The molecule has 1 heterocycles. The summed E-state index contributed by atoms with van der Waals surface area (Å²) >= 11 is 0. The van der Waals surface area contributed by atoms with E-state index in [9.17, 15) is 4.79 Å². The molecule has 0 aromatic carbocycles. The van der Waals surface area contributed by atoms with Crippen molar-refractivity contribution in [2.75, 3.05) is 13.1 Å². The SMILES string of the molecule is CC(NC(=O)[C@@H]1CCNC1)C1CCCC1. The monoisotopic (exact) mass is 210 g/mol. The molecule has 1 saturated carbocycles. The fourth-order valence-electron chi connectivity index (χ4n) is 2.80. The Morgan fingerprint density at radius 3 is 2.67 bits per heavy atom. The lowest BCUT2D eigenvalue weighted by molar-refractivity contribution is -0.125. The summed E-state index contributed by atoms with van der Waals surface area (Å²) in [5, 5.41) is 6.42. The maximum absolute atomic E-state index is 11.9. The first kappa shape index (κ1) is 10.9. The Morgan fingerprint density at radius 1 is 1.33 bits per heavy atom. The molecular weight excluding hydrogens is 188 g/mol. The highest BCUT2D eigenvalue weighted by atomic mass is 16.2. The predicted octanol–water partition coefficient (Wildman–Crippen LogP) is 1.29. The van der Waals surface area contributed by atoms with Gasteiger partial charge < -0.3 is 10.6 Å². The molecule has 3 nitrogen and oxygen atoms in total. The van der Waals surface area contributed by atoms with Gasteiger partial charge >= 0.3 is 0 Å². The Kier molecular flexibility index (Phi) is 3.62. The molecule has 2 N–H and O–H groups in total. The molecule has 1 aliphatic heterocycles. The van der Waals surface area contributed by atoms with Crippen LogP contribution in [0.3, 0.4) is 0 Å². The number of hydrogen-bond acceptors (Lipinski definition) is 2. The van der Waals surface area contributed by atoms with Gasteiger partial charge in [0.2, 0.25) is 5.91 Å². The molecule has 0 bridgehead atoms. The number of nitrogens with one attached hydrogen (secondary N) is 2. The van der Waals surface area contributed by atoms with E-state index in [0.29, 0.717) is 6.04 Å². The van der Waals surface area contributed by atoms with Gasteiger partial charge in [0.25, 0.3) is 0 Å². The minimum Gasteiger partial charge on any atom is -0.353 e. The van der Waals surface area contributed by atoms with Gasteiger partial charge in [-0.15, -0.1) is 0 Å². The largest absolute Gasteiger partial charge is 0.353 e. The van der Waals surface area contributed by atoms with Crippen LogP contribution in [0.1, 0.15) is 39.0 Å². The van der Waals surface area contributed by atoms with Crippen LogP contribution in [-0.4, -0.2) is 25.0 Å². The molecule has 0 aromatic rings. The van der Waals surface area contributed by atoms with Crippen LogP contribution in [0.25, 0.3) is 0 Å². The zero-order chi connectivity index (χ0) is 10.7. The van der Waals surface area contributed by atoms with E-state index >= 15 is 0 Å². The average molecular weight is 210 g/mol. The second-order valence-electron chi connectivity index (χ2n) is 5.03. The number of hydrogen-bond donors (Lipinski definition) is 2. The van der Waals surface area contributed by atoms with Gasteiger partial charge in [-0.1, -0.05) is 12.8 Å². The summed E-state index contributed by atoms with van der Waals surface area (Å²) in [6, 6.07) is 0.376. The summed E-state index contributed by atoms with van der Waals surface area (Å²) in [4.78, 5) is 11.9. The van der Waals surface area contributed by atoms with Crippen LogP contribution in [0.5, 0.6) is 0 Å². The molecule has 86 valence electrons. The topological polar surface area (TPSA) is 41.1 Å². The molecule has 0 radical (unpaired) electrons. The van der Waals surface area contributed by atoms with Gasteiger partial charge in [-0.25, -0.2) is 0 Å². The quantitative estimate of drug-likeness (QED) is 0.737. The molecule has 1 aliphatic carbocycles. The third-order valence-corrected chi connectivity index (χ3v) is 3.91. The minimum atomic E-state index is 0.217. The van der Waals surface area contributed by atoms with Crippen LogP contribution in [0.4, 0.5) is 0 Å². The lowest BCUT2D eigenvalue weighted by atomic mass is 9.98. The molecule has 1 amide bonds. The van der Waals surface area contributed by atoms with E-state index in [1.165, 1.54) is 25.7 Å². The summed E-state index contributed by atoms with van der Waals surface area (Å²) in [7, 11) is 0. The van der Waals surface area contributed by atoms with Crippen LogP contribution in [-0.2, 0) is 4.79 Å². The second-order valence-corrected chi connectivity index (χ2v) is 5.03. The number of carbonyl (C=O) groups is 1. The fourth-order valence-corrected chi connectivity index (χ4v) is 2.80. The Hall–Kier alpha value is -0.570. The van der Waals surface area contributed by atoms with Gasteiger partial charge in [0.1, 0.15) is 0 Å². The first-order chi connectivity index (χ1) is 7.27. The lowest BCUT2D eigenvalue weighted by Crippen LogP contribution is -2.41. The van der Waals surface area contributed by atoms with Crippen molar-refractivity contribution < 1.29 is 4.79 Å². The molecule has 2 fully saturated rings. The van der Waals surface area contributed by atoms with E-state index in [-0.39, 0.29) is 11.8 Å². The van der Waals surface area contributed by atoms with E-state index < -0.39 is 0 Å². The third kappa shape index (κ3) is 2.71. The van der Waals surface area contributed by atoms with Crippen molar-refractivity contribution >= 4 is 5.91 Å². The maximum atomic E-state index is 11.9. The van der Waals surface area contributed by atoms with Gasteiger partial charge in [0.15, 0.2) is 0 Å². The average Bonchev–Trinajstić information content (AvgIpc) is 2.91. The third-order valence-electron chi connectivity index (χ3n) is 3.91. The van der Waals surface area contributed by atoms with E-state index in [2.05, 4.69) is 17.6 Å². The zero-order valence-corrected chi connectivity index (χ0v) is 9.59. The smallest absolute Gasteiger partial charge is 0.224 e. The molecule has 0 aromatic heterocycles. The minimum absolute atomic E-state index is 0.217. The Morgan fingerprint density at radius 2 is 2.07 bits per heavy atom. The molecule has 2 rings (SSSR count). The molecule has 15 heavy (non-hydrogen) atoms. The van der Waals surface area contributed by atoms with E-state index in [1.807, 2.05) is 0 Å². The van der Waals surface area contributed by atoms with Gasteiger partial charge in [-0.2, -0.15) is 0 Å². The van der Waals surface area contributed by atoms with Crippen LogP contribution >= 0.6 is 0 Å². The summed E-state index contributed by atoms with van der Waals surface area (Å²) in [5.41, 5.74) is 0. The molecular formula is C12H22N2O. The van der Waals surface area contributed by atoms with Crippen LogP contribution in [0, 0.1) is 11.8 Å². The molecule has 1 unspecified atom stereocenters. The second kappa shape index (κ2) is 4.97. The zero-order valence-electron chi connectivity index (χ0n) is 9.59. The molecule has 3 heteroatoms. The Bertz CT molecular complexity index is 218. The maximum Gasteiger partial charge on any atom is 0.224 e. The molecule has 2 atom stereocenters. The van der Waals surface area contributed by atoms with Gasteiger partial charge in [0, 0.05) is 12.6 Å². The Labute approximate surface area is 92.0 Å². The first-order valence-electron chi connectivity index (χ1n) is 6.28. The number of carbonyl (C=O) groups excluding carboxylic acids is 1. The van der Waals surface area contributed by atoms with Crippen molar-refractivity contribution in [3.05, 3.63) is 0 Å². The predicted molar refractivity (Wildman–Crippen MR) is 60.5 cm³/mol. The highest BCUT2D eigenvalue weighted by Crippen LogP contribution is 2.27. The van der Waals surface area contributed by atoms with Crippen molar-refractivity contribution in [3.8, 4) is 0 Å². The van der Waals surface area contributed by atoms with E-state index in [4.69, 9.17) is 0 Å². The summed E-state index contributed by atoms with van der Waals surface area (Å²) in [6.07, 6.45) is 6.28. The van der Waals surface area contributed by atoms with Crippen LogP contribution in [0.2, 0.25) is 0 Å². The number of amides is 1. The Balaban J connectivity index is 1.77. The van der Waals surface area contributed by atoms with E-state index in [0.717, 1.165) is 25.4 Å². The van der Waals surface area contributed by atoms with Gasteiger partial charge in [-0.3, -0.25) is 4.79 Å². The highest BCUT2D eigenvalue weighted by Gasteiger charge is 2.27. The van der Waals surface area contributed by atoms with Crippen molar-refractivity contribution in [2.24, 2.45) is 11.8 Å². The van der Waals surface area contributed by atoms with Crippen LogP contribution in [0.15, 0.2) is 0 Å². The standard InChI is InChI=1S/C12H22N2O/c1-9(10-4-2-3-5-10)14-12(15)11-6-7-13-8-11/h9-11,13H,2-8H2,1H3,(H,14,15)/t9?,11-/m1/s1. The summed E-state index contributed by atoms with van der Waals surface area (Å²) in [6.45, 7) is 4.02. The van der Waals surface area contributed by atoms with Gasteiger partial charge in [0.05, 0.1) is 5.92 Å². The van der Waals surface area contributed by atoms with Crippen molar-refractivity contribution in [1.29, 1.82) is 0 Å². The molecule has 2 aliphatic rings. The molecule has 0 spiro atoms. The fraction of sp³-hybridized carbons (Fsp3) is 0.917.